The van der Waals surface area contributed by atoms with Gasteiger partial charge in [-0.3, -0.25) is 0 Å². The highest BCUT2D eigenvalue weighted by atomic mass is 32.2. The Balaban J connectivity index is 2.04. The monoisotopic (exact) mass is 293 g/mol. The molecule has 0 aliphatic carbocycles. The Morgan fingerprint density at radius 3 is 2.86 bits per heavy atom. The lowest BCUT2D eigenvalue weighted by Gasteiger charge is -2.10. The van der Waals surface area contributed by atoms with Crippen LogP contribution in [-0.4, -0.2) is 5.88 Å². The van der Waals surface area contributed by atoms with Crippen molar-refractivity contribution in [3.05, 3.63) is 54.2 Å². The lowest BCUT2D eigenvalue weighted by atomic mass is 9.97. The van der Waals surface area contributed by atoms with Crippen LogP contribution in [0.25, 0.3) is 22.0 Å². The molecule has 4 rings (SSSR count). The average Bonchev–Trinajstić information content (AvgIpc) is 2.97. The van der Waals surface area contributed by atoms with E-state index in [1.54, 1.807) is 0 Å². The van der Waals surface area contributed by atoms with Crippen molar-refractivity contribution in [1.82, 2.24) is 0 Å². The lowest BCUT2D eigenvalue weighted by Crippen LogP contribution is -2.31. The van der Waals surface area contributed by atoms with Crippen LogP contribution in [0.15, 0.2) is 53.6 Å². The van der Waals surface area contributed by atoms with Gasteiger partial charge >= 0.3 is 0 Å². The second-order valence-corrected chi connectivity index (χ2v) is 6.43. The first-order valence-corrected chi connectivity index (χ1v) is 8.12. The zero-order valence-electron chi connectivity index (χ0n) is 12.2. The molecule has 3 heteroatoms. The molecular weight excluding hydrogens is 276 g/mol. The zero-order chi connectivity index (χ0) is 14.4. The molecule has 21 heavy (non-hydrogen) atoms. The summed E-state index contributed by atoms with van der Waals surface area (Å²) in [6.45, 7) is 2.23. The third-order valence-electron chi connectivity index (χ3n) is 4.21. The van der Waals surface area contributed by atoms with Crippen molar-refractivity contribution in [1.29, 1.82) is 0 Å². The van der Waals surface area contributed by atoms with Gasteiger partial charge in [0.2, 0.25) is 5.69 Å². The minimum Gasteiger partial charge on any atom is -0.374 e. The van der Waals surface area contributed by atoms with E-state index >= 15 is 0 Å². The number of fused-ring (bicyclic) bond motifs is 2. The van der Waals surface area contributed by atoms with Gasteiger partial charge in [-0.15, -0.1) is 0 Å². The van der Waals surface area contributed by atoms with Gasteiger partial charge in [0.05, 0.1) is 17.1 Å². The van der Waals surface area contributed by atoms with E-state index in [2.05, 4.69) is 72.5 Å². The lowest BCUT2D eigenvalue weighted by molar-refractivity contribution is -0.661. The van der Waals surface area contributed by atoms with Gasteiger partial charge in [0.1, 0.15) is 11.9 Å². The van der Waals surface area contributed by atoms with Crippen LogP contribution in [0.3, 0.4) is 0 Å². The number of pyridine rings is 1. The van der Waals surface area contributed by atoms with Crippen LogP contribution >= 0.6 is 11.8 Å². The molecule has 1 N–H and O–H groups in total. The van der Waals surface area contributed by atoms with Gasteiger partial charge in [0.15, 0.2) is 6.20 Å². The number of hydrogen-bond donors (Lipinski definition) is 1. The molecule has 3 aromatic rings. The fraction of sp³-hybridized carbons (Fsp3) is 0.167. The molecule has 0 saturated heterocycles. The largest absolute Gasteiger partial charge is 0.374 e. The number of benzene rings is 2. The van der Waals surface area contributed by atoms with Crippen molar-refractivity contribution in [2.24, 2.45) is 7.05 Å². The Labute approximate surface area is 128 Å². The molecule has 0 fully saturated rings. The van der Waals surface area contributed by atoms with Crippen LogP contribution in [0.5, 0.6) is 0 Å². The van der Waals surface area contributed by atoms with E-state index in [1.807, 2.05) is 11.8 Å². The Morgan fingerprint density at radius 2 is 1.95 bits per heavy atom. The Hall–Kier alpha value is -2.00. The van der Waals surface area contributed by atoms with Crippen molar-refractivity contribution in [2.45, 2.75) is 11.8 Å². The third kappa shape index (κ3) is 1.92. The number of rotatable bonds is 1. The van der Waals surface area contributed by atoms with Gasteiger partial charge < -0.3 is 5.32 Å². The maximum Gasteiger partial charge on any atom is 0.228 e. The van der Waals surface area contributed by atoms with E-state index in [1.165, 1.54) is 38.2 Å². The smallest absolute Gasteiger partial charge is 0.228 e. The number of aromatic nitrogens is 1. The Kier molecular flexibility index (Phi) is 2.89. The highest BCUT2D eigenvalue weighted by Gasteiger charge is 2.25. The van der Waals surface area contributed by atoms with Crippen LogP contribution < -0.4 is 9.88 Å². The summed E-state index contributed by atoms with van der Waals surface area (Å²) in [6.07, 6.45) is 2.14. The summed E-state index contributed by atoms with van der Waals surface area (Å²) >= 11 is 1.89. The van der Waals surface area contributed by atoms with Gasteiger partial charge in [0.25, 0.3) is 0 Å². The van der Waals surface area contributed by atoms with Crippen molar-refractivity contribution >= 4 is 28.2 Å². The van der Waals surface area contributed by atoms with E-state index in [9.17, 15) is 0 Å². The van der Waals surface area contributed by atoms with Crippen LogP contribution in [0.1, 0.15) is 5.56 Å². The molecule has 0 amide bonds. The Morgan fingerprint density at radius 1 is 1.10 bits per heavy atom. The fourth-order valence-corrected chi connectivity index (χ4v) is 4.15. The molecule has 0 unspecified atom stereocenters. The molecule has 0 saturated carbocycles. The van der Waals surface area contributed by atoms with Crippen LogP contribution in [0.4, 0.5) is 5.69 Å². The Bertz CT molecular complexity index is 855. The summed E-state index contributed by atoms with van der Waals surface area (Å²) in [7, 11) is 2.13. The van der Waals surface area contributed by atoms with E-state index < -0.39 is 0 Å². The molecule has 0 atom stereocenters. The van der Waals surface area contributed by atoms with E-state index in [-0.39, 0.29) is 0 Å². The predicted molar refractivity (Wildman–Crippen MR) is 89.6 cm³/mol. The number of nitrogens with zero attached hydrogens (tertiary/aromatic N) is 1. The first-order valence-electron chi connectivity index (χ1n) is 7.14. The van der Waals surface area contributed by atoms with Gasteiger partial charge in [0, 0.05) is 6.07 Å². The number of nitrogens with one attached hydrogen (secondary N) is 1. The van der Waals surface area contributed by atoms with Crippen molar-refractivity contribution < 1.29 is 4.57 Å². The molecule has 104 valence electrons. The number of hydrogen-bond acceptors (Lipinski definition) is 2. The topological polar surface area (TPSA) is 15.9 Å². The van der Waals surface area contributed by atoms with Crippen LogP contribution in [0.2, 0.25) is 0 Å². The van der Waals surface area contributed by atoms with Crippen molar-refractivity contribution in [3.63, 3.8) is 0 Å². The fourth-order valence-electron chi connectivity index (χ4n) is 3.09. The molecule has 0 spiro atoms. The molecule has 1 aliphatic rings. The molecule has 0 bridgehead atoms. The van der Waals surface area contributed by atoms with Crippen LogP contribution in [0, 0.1) is 6.92 Å². The summed E-state index contributed by atoms with van der Waals surface area (Å²) in [5.41, 5.74) is 5.24. The molecule has 1 aliphatic heterocycles. The maximum atomic E-state index is 3.44. The van der Waals surface area contributed by atoms with E-state index in [4.69, 9.17) is 0 Å². The van der Waals surface area contributed by atoms with Gasteiger partial charge in [-0.05, 0) is 29.3 Å². The molecule has 2 heterocycles. The van der Waals surface area contributed by atoms with Gasteiger partial charge in [-0.1, -0.05) is 42.1 Å². The highest BCUT2D eigenvalue weighted by molar-refractivity contribution is 8.00. The molecule has 2 nitrogen and oxygen atoms in total. The quantitative estimate of drug-likeness (QED) is 0.679. The average molecular weight is 293 g/mol. The standard InChI is InChI=1S/C18H16N2S/c1-12-14-6-4-3-5-13(14)7-8-15(12)17-18-16(19-11-21-18)9-10-20(17)2/h3-10H,11H2,1-2H3/p+1. The third-order valence-corrected chi connectivity index (χ3v) is 5.20. The summed E-state index contributed by atoms with van der Waals surface area (Å²) in [5, 5.41) is 6.09. The first kappa shape index (κ1) is 12.7. The van der Waals surface area contributed by atoms with Crippen molar-refractivity contribution in [3.8, 4) is 11.3 Å². The minimum absolute atomic E-state index is 0.957. The SMILES string of the molecule is Cc1c(-c2c3c(cc[n+]2C)NCS3)ccc2ccccc12. The summed E-state index contributed by atoms with van der Waals surface area (Å²) < 4.78 is 2.23. The summed E-state index contributed by atoms with van der Waals surface area (Å²) in [5.74, 6) is 0.957. The van der Waals surface area contributed by atoms with Gasteiger partial charge in [-0.25, -0.2) is 0 Å². The van der Waals surface area contributed by atoms with E-state index in [0.29, 0.717) is 0 Å². The minimum atomic E-state index is 0.957. The molecule has 0 radical (unpaired) electrons. The van der Waals surface area contributed by atoms with Crippen molar-refractivity contribution in [2.75, 3.05) is 11.2 Å². The number of anilines is 1. The van der Waals surface area contributed by atoms with Gasteiger partial charge in [-0.2, -0.15) is 4.57 Å². The summed E-state index contributed by atoms with van der Waals surface area (Å²) in [4.78, 5) is 1.36. The predicted octanol–water partition coefficient (Wildman–Crippen LogP) is 4.11. The number of aryl methyl sites for hydroxylation is 2. The van der Waals surface area contributed by atoms with Crippen LogP contribution in [-0.2, 0) is 7.05 Å². The molecule has 2 aromatic carbocycles. The second kappa shape index (κ2) is 4.78. The van der Waals surface area contributed by atoms with E-state index in [0.717, 1.165) is 5.88 Å². The normalized spacial score (nSPS) is 13.2. The highest BCUT2D eigenvalue weighted by Crippen LogP contribution is 2.41. The zero-order valence-corrected chi connectivity index (χ0v) is 13.0. The summed E-state index contributed by atoms with van der Waals surface area (Å²) in [6, 6.07) is 15.2. The number of thioether (sulfide) groups is 1. The molecular formula is C18H17N2S+. The first-order chi connectivity index (χ1) is 10.3. The maximum absolute atomic E-state index is 3.44. The second-order valence-electron chi connectivity index (χ2n) is 5.44. The molecule has 1 aromatic heterocycles.